The Labute approximate surface area is 157 Å². The Bertz CT molecular complexity index is 888. The summed E-state index contributed by atoms with van der Waals surface area (Å²) in [5.74, 6) is 0.449. The topological polar surface area (TPSA) is 55.8 Å². The van der Waals surface area contributed by atoms with E-state index in [0.29, 0.717) is 18.1 Å². The highest BCUT2D eigenvalue weighted by Gasteiger charge is 2.32. The van der Waals surface area contributed by atoms with Gasteiger partial charge in [0.2, 0.25) is 0 Å². The number of rotatable bonds is 4. The maximum atomic E-state index is 11.3. The van der Waals surface area contributed by atoms with E-state index in [1.54, 1.807) is 0 Å². The van der Waals surface area contributed by atoms with Gasteiger partial charge in [-0.2, -0.15) is 0 Å². The second-order valence-electron chi connectivity index (χ2n) is 7.67. The SMILES string of the molecule is CC1(C)Cc2cc(Cl)cc(COc3ccc4c(c3)CCC4C(=O)O)c2O1. The molecule has 0 fully saturated rings. The van der Waals surface area contributed by atoms with E-state index in [4.69, 9.17) is 21.1 Å². The van der Waals surface area contributed by atoms with Crippen molar-refractivity contribution >= 4 is 17.6 Å². The standard InChI is InChI=1S/C21H21ClO4/c1-21(2)10-13-7-15(22)8-14(19(13)26-21)11-25-16-4-6-17-12(9-16)3-5-18(17)20(23)24/h4,6-9,18H,3,5,10-11H2,1-2H3,(H,23,24). The summed E-state index contributed by atoms with van der Waals surface area (Å²) in [7, 11) is 0. The van der Waals surface area contributed by atoms with E-state index in [-0.39, 0.29) is 5.60 Å². The van der Waals surface area contributed by atoms with Crippen LogP contribution < -0.4 is 9.47 Å². The molecule has 0 amide bonds. The molecular weight excluding hydrogens is 352 g/mol. The summed E-state index contributed by atoms with van der Waals surface area (Å²) < 4.78 is 12.1. The number of carboxylic acid groups (broad SMARTS) is 1. The Morgan fingerprint density at radius 2 is 2.12 bits per heavy atom. The third-order valence-electron chi connectivity index (χ3n) is 5.09. The van der Waals surface area contributed by atoms with Gasteiger partial charge in [0.05, 0.1) is 5.92 Å². The van der Waals surface area contributed by atoms with Gasteiger partial charge in [0.25, 0.3) is 0 Å². The lowest BCUT2D eigenvalue weighted by molar-refractivity contribution is -0.138. The minimum Gasteiger partial charge on any atom is -0.489 e. The van der Waals surface area contributed by atoms with Crippen molar-refractivity contribution in [1.29, 1.82) is 0 Å². The molecule has 5 heteroatoms. The molecule has 0 bridgehead atoms. The third-order valence-corrected chi connectivity index (χ3v) is 5.30. The zero-order valence-corrected chi connectivity index (χ0v) is 15.6. The fourth-order valence-corrected chi connectivity index (χ4v) is 4.22. The van der Waals surface area contributed by atoms with Gasteiger partial charge in [0, 0.05) is 17.0 Å². The number of hydrogen-bond donors (Lipinski definition) is 1. The van der Waals surface area contributed by atoms with E-state index in [1.165, 1.54) is 0 Å². The number of ether oxygens (including phenoxy) is 2. The Kier molecular flexibility index (Phi) is 4.11. The molecule has 0 spiro atoms. The first-order chi connectivity index (χ1) is 12.3. The monoisotopic (exact) mass is 372 g/mol. The highest BCUT2D eigenvalue weighted by Crippen LogP contribution is 2.40. The summed E-state index contributed by atoms with van der Waals surface area (Å²) in [5, 5.41) is 9.96. The molecule has 0 aromatic heterocycles. The largest absolute Gasteiger partial charge is 0.489 e. The number of aryl methyl sites for hydroxylation is 1. The fourth-order valence-electron chi connectivity index (χ4n) is 3.95. The zero-order valence-electron chi connectivity index (χ0n) is 14.8. The Hall–Kier alpha value is -2.20. The molecule has 0 saturated carbocycles. The van der Waals surface area contributed by atoms with Crippen LogP contribution in [-0.2, 0) is 24.2 Å². The van der Waals surface area contributed by atoms with Crippen LogP contribution in [0.4, 0.5) is 0 Å². The minimum atomic E-state index is -0.758. The van der Waals surface area contributed by atoms with E-state index >= 15 is 0 Å². The molecule has 1 atom stereocenters. The van der Waals surface area contributed by atoms with Crippen molar-refractivity contribution in [2.24, 2.45) is 0 Å². The van der Waals surface area contributed by atoms with Gasteiger partial charge >= 0.3 is 5.97 Å². The summed E-state index contributed by atoms with van der Waals surface area (Å²) in [6.45, 7) is 4.48. The molecule has 136 valence electrons. The Morgan fingerprint density at radius 1 is 1.31 bits per heavy atom. The molecule has 2 aromatic rings. The number of benzene rings is 2. The molecular formula is C21H21ClO4. The van der Waals surface area contributed by atoms with E-state index in [2.05, 4.69) is 13.8 Å². The number of aliphatic carboxylic acids is 1. The van der Waals surface area contributed by atoms with Gasteiger partial charge in [-0.25, -0.2) is 0 Å². The molecule has 1 heterocycles. The molecule has 4 nitrogen and oxygen atoms in total. The van der Waals surface area contributed by atoms with E-state index < -0.39 is 11.9 Å². The normalized spacial score (nSPS) is 19.6. The lowest BCUT2D eigenvalue weighted by Gasteiger charge is -2.18. The quantitative estimate of drug-likeness (QED) is 0.841. The summed E-state index contributed by atoms with van der Waals surface area (Å²) in [5.41, 5.74) is 3.77. The predicted octanol–water partition coefficient (Wildman–Crippen LogP) is 4.75. The summed E-state index contributed by atoms with van der Waals surface area (Å²) in [6, 6.07) is 9.51. The molecule has 26 heavy (non-hydrogen) atoms. The van der Waals surface area contributed by atoms with Crippen molar-refractivity contribution in [2.75, 3.05) is 0 Å². The second kappa shape index (κ2) is 6.20. The van der Waals surface area contributed by atoms with Gasteiger partial charge in [0.15, 0.2) is 0 Å². The van der Waals surface area contributed by atoms with Crippen LogP contribution >= 0.6 is 11.6 Å². The van der Waals surface area contributed by atoms with Crippen molar-refractivity contribution in [3.63, 3.8) is 0 Å². The van der Waals surface area contributed by atoms with Crippen LogP contribution in [0.25, 0.3) is 0 Å². The maximum Gasteiger partial charge on any atom is 0.310 e. The van der Waals surface area contributed by atoms with Gasteiger partial charge in [-0.05, 0) is 67.6 Å². The molecule has 1 aliphatic heterocycles. The first-order valence-electron chi connectivity index (χ1n) is 8.81. The van der Waals surface area contributed by atoms with Crippen LogP contribution in [0, 0.1) is 0 Å². The average molecular weight is 373 g/mol. The number of carbonyl (C=O) groups is 1. The van der Waals surface area contributed by atoms with E-state index in [0.717, 1.165) is 46.6 Å². The molecule has 2 aromatic carbocycles. The van der Waals surface area contributed by atoms with Gasteiger partial charge in [0.1, 0.15) is 23.7 Å². The Morgan fingerprint density at radius 3 is 2.88 bits per heavy atom. The molecule has 1 N–H and O–H groups in total. The third kappa shape index (κ3) is 3.14. The van der Waals surface area contributed by atoms with Crippen LogP contribution in [-0.4, -0.2) is 16.7 Å². The highest BCUT2D eigenvalue weighted by molar-refractivity contribution is 6.30. The minimum absolute atomic E-state index is 0.235. The van der Waals surface area contributed by atoms with Gasteiger partial charge in [-0.1, -0.05) is 17.7 Å². The summed E-state index contributed by atoms with van der Waals surface area (Å²) >= 11 is 6.26. The Balaban J connectivity index is 1.54. The van der Waals surface area contributed by atoms with Crippen molar-refractivity contribution in [2.45, 2.75) is 51.2 Å². The van der Waals surface area contributed by atoms with Gasteiger partial charge in [-0.3, -0.25) is 4.79 Å². The lowest BCUT2D eigenvalue weighted by Crippen LogP contribution is -2.25. The number of carboxylic acids is 1. The average Bonchev–Trinajstić information content (AvgIpc) is 3.11. The summed E-state index contributed by atoms with van der Waals surface area (Å²) in [4.78, 5) is 11.3. The van der Waals surface area contributed by atoms with Crippen LogP contribution in [0.1, 0.15) is 48.4 Å². The van der Waals surface area contributed by atoms with Crippen LogP contribution in [0.5, 0.6) is 11.5 Å². The van der Waals surface area contributed by atoms with Crippen molar-refractivity contribution in [1.82, 2.24) is 0 Å². The van der Waals surface area contributed by atoms with E-state index in [1.807, 2.05) is 30.3 Å². The number of halogens is 1. The van der Waals surface area contributed by atoms with Crippen LogP contribution in [0.2, 0.25) is 5.02 Å². The van der Waals surface area contributed by atoms with Crippen molar-refractivity contribution < 1.29 is 19.4 Å². The number of hydrogen-bond acceptors (Lipinski definition) is 3. The maximum absolute atomic E-state index is 11.3. The molecule has 1 aliphatic carbocycles. The van der Waals surface area contributed by atoms with Crippen LogP contribution in [0.15, 0.2) is 30.3 Å². The molecule has 0 saturated heterocycles. The van der Waals surface area contributed by atoms with Crippen LogP contribution in [0.3, 0.4) is 0 Å². The molecule has 0 radical (unpaired) electrons. The first-order valence-corrected chi connectivity index (χ1v) is 9.19. The lowest BCUT2D eigenvalue weighted by atomic mass is 10.0. The van der Waals surface area contributed by atoms with Gasteiger partial charge in [-0.15, -0.1) is 0 Å². The fraction of sp³-hybridized carbons (Fsp3) is 0.381. The molecule has 4 rings (SSSR count). The highest BCUT2D eigenvalue weighted by atomic mass is 35.5. The molecule has 1 unspecified atom stereocenters. The zero-order chi connectivity index (χ0) is 18.5. The van der Waals surface area contributed by atoms with Crippen molar-refractivity contribution in [3.05, 3.63) is 57.6 Å². The molecule has 2 aliphatic rings. The summed E-state index contributed by atoms with van der Waals surface area (Å²) in [6.07, 6.45) is 2.25. The van der Waals surface area contributed by atoms with E-state index in [9.17, 15) is 9.90 Å². The smallest absolute Gasteiger partial charge is 0.310 e. The first kappa shape index (κ1) is 17.2. The van der Waals surface area contributed by atoms with Gasteiger partial charge < -0.3 is 14.6 Å². The predicted molar refractivity (Wildman–Crippen MR) is 99.3 cm³/mol. The number of fused-ring (bicyclic) bond motifs is 2. The van der Waals surface area contributed by atoms with Crippen molar-refractivity contribution in [3.8, 4) is 11.5 Å². The second-order valence-corrected chi connectivity index (χ2v) is 8.11.